The number of anilines is 1. The summed E-state index contributed by atoms with van der Waals surface area (Å²) in [5.74, 6) is 0.0953. The van der Waals surface area contributed by atoms with E-state index in [9.17, 15) is 4.39 Å². The zero-order valence-electron chi connectivity index (χ0n) is 7.17. The number of hydrogen-bond acceptors (Lipinski definition) is 3. The molecule has 0 bridgehead atoms. The smallest absolute Gasteiger partial charge is 0.195 e. The van der Waals surface area contributed by atoms with Crippen LogP contribution >= 0.6 is 0 Å². The molecule has 0 aliphatic carbocycles. The summed E-state index contributed by atoms with van der Waals surface area (Å²) in [6.07, 6.45) is 0.647. The van der Waals surface area contributed by atoms with Crippen LogP contribution in [0.5, 0.6) is 0 Å². The molecule has 0 saturated heterocycles. The van der Waals surface area contributed by atoms with Gasteiger partial charge in [-0.15, -0.1) is 0 Å². The molecule has 0 aliphatic heterocycles. The van der Waals surface area contributed by atoms with E-state index >= 15 is 0 Å². The summed E-state index contributed by atoms with van der Waals surface area (Å²) in [6, 6.07) is 2.81. The predicted octanol–water partition coefficient (Wildman–Crippen LogP) is 2.11. The molecule has 4 heteroatoms. The summed E-state index contributed by atoms with van der Waals surface area (Å²) < 4.78 is 18.4. The molecule has 0 unspecified atom stereocenters. The van der Waals surface area contributed by atoms with Crippen LogP contribution in [0.15, 0.2) is 16.5 Å². The fraction of sp³-hybridized carbons (Fsp3) is 0.222. The first-order valence-corrected chi connectivity index (χ1v) is 4.05. The van der Waals surface area contributed by atoms with Gasteiger partial charge in [0, 0.05) is 18.2 Å². The molecule has 2 N–H and O–H groups in total. The van der Waals surface area contributed by atoms with E-state index in [0.29, 0.717) is 23.6 Å². The minimum Gasteiger partial charge on any atom is -0.441 e. The molecule has 3 nitrogen and oxygen atoms in total. The third kappa shape index (κ3) is 1.24. The SMILES string of the molecule is CCc1nc2c(F)cc(N)cc2o1. The van der Waals surface area contributed by atoms with Gasteiger partial charge >= 0.3 is 0 Å². The van der Waals surface area contributed by atoms with Gasteiger partial charge < -0.3 is 10.2 Å². The second-order valence-electron chi connectivity index (χ2n) is 2.81. The normalized spacial score (nSPS) is 10.9. The van der Waals surface area contributed by atoms with E-state index in [2.05, 4.69) is 4.98 Å². The largest absolute Gasteiger partial charge is 0.441 e. The fourth-order valence-electron chi connectivity index (χ4n) is 1.21. The molecule has 0 spiro atoms. The van der Waals surface area contributed by atoms with Gasteiger partial charge in [0.1, 0.15) is 5.52 Å². The number of aryl methyl sites for hydroxylation is 1. The average Bonchev–Trinajstić information content (AvgIpc) is 2.47. The number of nitrogen functional groups attached to an aromatic ring is 1. The van der Waals surface area contributed by atoms with E-state index in [-0.39, 0.29) is 5.52 Å². The second-order valence-corrected chi connectivity index (χ2v) is 2.81. The number of oxazole rings is 1. The molecular formula is C9H9FN2O. The Hall–Kier alpha value is -1.58. The highest BCUT2D eigenvalue weighted by Crippen LogP contribution is 2.21. The Morgan fingerprint density at radius 2 is 2.31 bits per heavy atom. The molecule has 0 radical (unpaired) electrons. The van der Waals surface area contributed by atoms with Crippen LogP contribution < -0.4 is 5.73 Å². The van der Waals surface area contributed by atoms with Crippen LogP contribution in [0.2, 0.25) is 0 Å². The summed E-state index contributed by atoms with van der Waals surface area (Å²) in [7, 11) is 0. The van der Waals surface area contributed by atoms with Gasteiger partial charge in [-0.3, -0.25) is 0 Å². The molecule has 68 valence electrons. The van der Waals surface area contributed by atoms with Crippen molar-refractivity contribution >= 4 is 16.8 Å². The van der Waals surface area contributed by atoms with Crippen molar-refractivity contribution in [3.05, 3.63) is 23.8 Å². The van der Waals surface area contributed by atoms with Crippen molar-refractivity contribution < 1.29 is 8.81 Å². The summed E-state index contributed by atoms with van der Waals surface area (Å²) in [5.41, 5.74) is 6.47. The standard InChI is InChI=1S/C9H9FN2O/c1-2-8-12-9-6(10)3-5(11)4-7(9)13-8/h3-4H,2,11H2,1H3. The molecule has 2 aromatic rings. The number of nitrogens with zero attached hydrogens (tertiary/aromatic N) is 1. The molecule has 0 fully saturated rings. The highest BCUT2D eigenvalue weighted by atomic mass is 19.1. The Morgan fingerprint density at radius 1 is 1.54 bits per heavy atom. The molecule has 0 amide bonds. The van der Waals surface area contributed by atoms with Crippen molar-refractivity contribution in [3.63, 3.8) is 0 Å². The molecule has 1 aromatic carbocycles. The molecule has 13 heavy (non-hydrogen) atoms. The maximum Gasteiger partial charge on any atom is 0.195 e. The van der Waals surface area contributed by atoms with Gasteiger partial charge in [-0.2, -0.15) is 0 Å². The molecule has 0 saturated carbocycles. The molecule has 0 aliphatic rings. The van der Waals surface area contributed by atoms with Crippen LogP contribution in [-0.4, -0.2) is 4.98 Å². The quantitative estimate of drug-likeness (QED) is 0.684. The van der Waals surface area contributed by atoms with Crippen molar-refractivity contribution in [1.82, 2.24) is 4.98 Å². The van der Waals surface area contributed by atoms with Gasteiger partial charge in [-0.25, -0.2) is 9.37 Å². The lowest BCUT2D eigenvalue weighted by Gasteiger charge is -1.91. The summed E-state index contributed by atoms with van der Waals surface area (Å²) in [4.78, 5) is 3.97. The Labute approximate surface area is 74.4 Å². The monoisotopic (exact) mass is 180 g/mol. The van der Waals surface area contributed by atoms with Crippen molar-refractivity contribution in [1.29, 1.82) is 0 Å². The van der Waals surface area contributed by atoms with Gasteiger partial charge in [0.25, 0.3) is 0 Å². The van der Waals surface area contributed by atoms with Gasteiger partial charge in [0.15, 0.2) is 17.3 Å². The average molecular weight is 180 g/mol. The van der Waals surface area contributed by atoms with E-state index in [4.69, 9.17) is 10.2 Å². The first kappa shape index (κ1) is 8.04. The minimum atomic E-state index is -0.432. The number of aromatic nitrogens is 1. The molecule has 1 aromatic heterocycles. The van der Waals surface area contributed by atoms with Crippen molar-refractivity contribution in [2.24, 2.45) is 0 Å². The first-order valence-electron chi connectivity index (χ1n) is 4.05. The number of benzene rings is 1. The molecular weight excluding hydrogens is 171 g/mol. The molecule has 1 heterocycles. The molecule has 0 atom stereocenters. The third-order valence-electron chi connectivity index (χ3n) is 1.82. The van der Waals surface area contributed by atoms with Gasteiger partial charge in [-0.05, 0) is 6.07 Å². The van der Waals surface area contributed by atoms with Gasteiger partial charge in [0.2, 0.25) is 0 Å². The van der Waals surface area contributed by atoms with E-state index in [0.717, 1.165) is 0 Å². The molecule has 2 rings (SSSR count). The maximum absolute atomic E-state index is 13.2. The van der Waals surface area contributed by atoms with Crippen LogP contribution in [0.1, 0.15) is 12.8 Å². The van der Waals surface area contributed by atoms with E-state index in [1.54, 1.807) is 6.07 Å². The first-order chi connectivity index (χ1) is 6.20. The lowest BCUT2D eigenvalue weighted by Crippen LogP contribution is -1.86. The number of halogens is 1. The zero-order chi connectivity index (χ0) is 9.42. The van der Waals surface area contributed by atoms with Crippen molar-refractivity contribution in [2.45, 2.75) is 13.3 Å². The van der Waals surface area contributed by atoms with Crippen molar-refractivity contribution in [2.75, 3.05) is 5.73 Å². The number of hydrogen-bond donors (Lipinski definition) is 1. The number of rotatable bonds is 1. The predicted molar refractivity (Wildman–Crippen MR) is 47.8 cm³/mol. The fourth-order valence-corrected chi connectivity index (χ4v) is 1.21. The second kappa shape index (κ2) is 2.73. The Morgan fingerprint density at radius 3 is 3.00 bits per heavy atom. The Bertz CT molecular complexity index is 450. The summed E-state index contributed by atoms with van der Waals surface area (Å²) in [5, 5.41) is 0. The summed E-state index contributed by atoms with van der Waals surface area (Å²) in [6.45, 7) is 1.89. The van der Waals surface area contributed by atoms with E-state index < -0.39 is 5.82 Å². The van der Waals surface area contributed by atoms with Crippen LogP contribution in [-0.2, 0) is 6.42 Å². The highest BCUT2D eigenvalue weighted by molar-refractivity contribution is 5.77. The maximum atomic E-state index is 13.2. The van der Waals surface area contributed by atoms with Crippen molar-refractivity contribution in [3.8, 4) is 0 Å². The Kier molecular flexibility index (Phi) is 1.69. The Balaban J connectivity index is 2.75. The summed E-state index contributed by atoms with van der Waals surface area (Å²) >= 11 is 0. The highest BCUT2D eigenvalue weighted by Gasteiger charge is 2.09. The van der Waals surface area contributed by atoms with Gasteiger partial charge in [0.05, 0.1) is 0 Å². The van der Waals surface area contributed by atoms with Gasteiger partial charge in [-0.1, -0.05) is 6.92 Å². The lowest BCUT2D eigenvalue weighted by atomic mass is 10.3. The zero-order valence-corrected chi connectivity index (χ0v) is 7.17. The van der Waals surface area contributed by atoms with E-state index in [1.165, 1.54) is 6.07 Å². The van der Waals surface area contributed by atoms with Crippen LogP contribution in [0.25, 0.3) is 11.1 Å². The van der Waals surface area contributed by atoms with E-state index in [1.807, 2.05) is 6.92 Å². The van der Waals surface area contributed by atoms with Crippen LogP contribution in [0.3, 0.4) is 0 Å². The van der Waals surface area contributed by atoms with Crippen LogP contribution in [0, 0.1) is 5.82 Å². The number of fused-ring (bicyclic) bond motifs is 1. The van der Waals surface area contributed by atoms with Crippen LogP contribution in [0.4, 0.5) is 10.1 Å². The third-order valence-corrected chi connectivity index (χ3v) is 1.82. The minimum absolute atomic E-state index is 0.256. The number of nitrogens with two attached hydrogens (primary N) is 1. The lowest BCUT2D eigenvalue weighted by molar-refractivity contribution is 0.538. The topological polar surface area (TPSA) is 52.0 Å².